The van der Waals surface area contributed by atoms with Crippen molar-refractivity contribution in [3.05, 3.63) is 58.6 Å². The Labute approximate surface area is 177 Å². The minimum atomic E-state index is -3.64. The van der Waals surface area contributed by atoms with Crippen LogP contribution in [0.1, 0.15) is 25.0 Å². The molecule has 0 bridgehead atoms. The fraction of sp³-hybridized carbons (Fsp3) is 0.381. The first-order valence-corrected chi connectivity index (χ1v) is 11.6. The van der Waals surface area contributed by atoms with Gasteiger partial charge in [0, 0.05) is 5.02 Å². The first kappa shape index (κ1) is 23.0. The molecule has 0 saturated heterocycles. The highest BCUT2D eigenvalue weighted by atomic mass is 35.5. The summed E-state index contributed by atoms with van der Waals surface area (Å²) in [5.41, 5.74) is 2.50. The standard InChI is InChI=1S/C21H27ClN2O4S/c1-5-17-7-9-18(10-8-17)24(29(4,26)27)16(3)21(25)23-12-13-28-19-11-6-15(2)20(22)14-19/h6-11,14,16H,5,12-13H2,1-4H3,(H,23,25)/t16-/m0/s1. The monoisotopic (exact) mass is 438 g/mol. The Morgan fingerprint density at radius 1 is 1.21 bits per heavy atom. The highest BCUT2D eigenvalue weighted by molar-refractivity contribution is 7.92. The third-order valence-corrected chi connectivity index (χ3v) is 6.15. The summed E-state index contributed by atoms with van der Waals surface area (Å²) in [4.78, 5) is 12.5. The summed E-state index contributed by atoms with van der Waals surface area (Å²) in [5, 5.41) is 3.33. The highest BCUT2D eigenvalue weighted by Gasteiger charge is 2.28. The highest BCUT2D eigenvalue weighted by Crippen LogP contribution is 2.22. The fourth-order valence-corrected chi connectivity index (χ4v) is 4.19. The summed E-state index contributed by atoms with van der Waals surface area (Å²) in [6, 6.07) is 11.6. The molecule has 2 rings (SSSR count). The van der Waals surface area contributed by atoms with Gasteiger partial charge in [0.25, 0.3) is 0 Å². The molecular formula is C21H27ClN2O4S. The Hall–Kier alpha value is -2.25. The van der Waals surface area contributed by atoms with Crippen LogP contribution in [0.2, 0.25) is 5.02 Å². The number of carbonyl (C=O) groups excluding carboxylic acids is 1. The van der Waals surface area contributed by atoms with Gasteiger partial charge in [-0.1, -0.05) is 36.7 Å². The molecule has 0 spiro atoms. The molecule has 158 valence electrons. The van der Waals surface area contributed by atoms with Crippen LogP contribution in [0.25, 0.3) is 0 Å². The molecule has 2 aromatic rings. The minimum Gasteiger partial charge on any atom is -0.492 e. The van der Waals surface area contributed by atoms with Crippen LogP contribution in [0.3, 0.4) is 0 Å². The van der Waals surface area contributed by atoms with E-state index in [2.05, 4.69) is 5.32 Å². The van der Waals surface area contributed by atoms with Crippen molar-refractivity contribution in [3.63, 3.8) is 0 Å². The summed E-state index contributed by atoms with van der Waals surface area (Å²) in [5.74, 6) is 0.206. The van der Waals surface area contributed by atoms with Gasteiger partial charge < -0.3 is 10.1 Å². The lowest BCUT2D eigenvalue weighted by Crippen LogP contribution is -2.48. The van der Waals surface area contributed by atoms with E-state index in [0.29, 0.717) is 16.5 Å². The number of hydrogen-bond acceptors (Lipinski definition) is 4. The van der Waals surface area contributed by atoms with E-state index in [-0.39, 0.29) is 13.2 Å². The molecule has 1 amide bonds. The van der Waals surface area contributed by atoms with E-state index in [1.165, 1.54) is 0 Å². The third-order valence-electron chi connectivity index (χ3n) is 4.50. The molecule has 0 radical (unpaired) electrons. The van der Waals surface area contributed by atoms with Gasteiger partial charge in [-0.15, -0.1) is 0 Å². The van der Waals surface area contributed by atoms with Crippen LogP contribution in [0, 0.1) is 6.92 Å². The second kappa shape index (κ2) is 9.98. The zero-order valence-electron chi connectivity index (χ0n) is 17.1. The predicted molar refractivity (Wildman–Crippen MR) is 117 cm³/mol. The van der Waals surface area contributed by atoms with Crippen molar-refractivity contribution >= 4 is 33.2 Å². The Bertz CT molecular complexity index is 946. The number of nitrogens with one attached hydrogen (secondary N) is 1. The van der Waals surface area contributed by atoms with E-state index in [0.717, 1.165) is 28.1 Å². The SMILES string of the molecule is CCc1ccc(N([C@@H](C)C(=O)NCCOc2ccc(C)c(Cl)c2)S(C)(=O)=O)cc1. The van der Waals surface area contributed by atoms with Crippen molar-refractivity contribution in [2.45, 2.75) is 33.2 Å². The van der Waals surface area contributed by atoms with Gasteiger partial charge in [0.2, 0.25) is 15.9 Å². The summed E-state index contributed by atoms with van der Waals surface area (Å²) >= 11 is 6.06. The summed E-state index contributed by atoms with van der Waals surface area (Å²) in [7, 11) is -3.64. The van der Waals surface area contributed by atoms with Gasteiger partial charge in [-0.25, -0.2) is 8.42 Å². The van der Waals surface area contributed by atoms with Crippen LogP contribution >= 0.6 is 11.6 Å². The molecule has 1 N–H and O–H groups in total. The summed E-state index contributed by atoms with van der Waals surface area (Å²) in [6.07, 6.45) is 1.94. The number of anilines is 1. The quantitative estimate of drug-likeness (QED) is 0.607. The maximum atomic E-state index is 12.5. The second-order valence-electron chi connectivity index (χ2n) is 6.81. The number of aryl methyl sites for hydroxylation is 2. The summed E-state index contributed by atoms with van der Waals surface area (Å²) < 4.78 is 31.3. The van der Waals surface area contributed by atoms with Gasteiger partial charge in [0.05, 0.1) is 18.5 Å². The van der Waals surface area contributed by atoms with E-state index < -0.39 is 22.0 Å². The maximum absolute atomic E-state index is 12.5. The number of halogens is 1. The number of amides is 1. The number of benzene rings is 2. The molecule has 0 aliphatic rings. The van der Waals surface area contributed by atoms with E-state index >= 15 is 0 Å². The van der Waals surface area contributed by atoms with E-state index in [1.807, 2.05) is 32.0 Å². The lowest BCUT2D eigenvalue weighted by atomic mass is 10.1. The van der Waals surface area contributed by atoms with Crippen LogP contribution in [0.15, 0.2) is 42.5 Å². The Kier molecular flexibility index (Phi) is 7.93. The topological polar surface area (TPSA) is 75.7 Å². The zero-order valence-corrected chi connectivity index (χ0v) is 18.7. The number of nitrogens with zero attached hydrogens (tertiary/aromatic N) is 1. The Balaban J connectivity index is 1.98. The van der Waals surface area contributed by atoms with Gasteiger partial charge in [-0.05, 0) is 55.7 Å². The predicted octanol–water partition coefficient (Wildman–Crippen LogP) is 3.56. The van der Waals surface area contributed by atoms with Crippen molar-refractivity contribution in [2.24, 2.45) is 0 Å². The number of rotatable bonds is 9. The second-order valence-corrected chi connectivity index (χ2v) is 9.07. The van der Waals surface area contributed by atoms with Crippen molar-refractivity contribution in [1.29, 1.82) is 0 Å². The van der Waals surface area contributed by atoms with Gasteiger partial charge >= 0.3 is 0 Å². The van der Waals surface area contributed by atoms with E-state index in [4.69, 9.17) is 16.3 Å². The fourth-order valence-electron chi connectivity index (χ4n) is 2.84. The molecule has 29 heavy (non-hydrogen) atoms. The molecular weight excluding hydrogens is 412 g/mol. The van der Waals surface area contributed by atoms with Crippen molar-refractivity contribution in [2.75, 3.05) is 23.7 Å². The van der Waals surface area contributed by atoms with Gasteiger partial charge in [-0.3, -0.25) is 9.10 Å². The average Bonchev–Trinajstić information content (AvgIpc) is 2.67. The first-order valence-electron chi connectivity index (χ1n) is 9.38. The maximum Gasteiger partial charge on any atom is 0.243 e. The number of ether oxygens (including phenoxy) is 1. The van der Waals surface area contributed by atoms with E-state index in [9.17, 15) is 13.2 Å². The van der Waals surface area contributed by atoms with Gasteiger partial charge in [-0.2, -0.15) is 0 Å². The molecule has 8 heteroatoms. The van der Waals surface area contributed by atoms with Gasteiger partial charge in [0.1, 0.15) is 18.4 Å². The molecule has 0 aromatic heterocycles. The molecule has 0 aliphatic heterocycles. The lowest BCUT2D eigenvalue weighted by Gasteiger charge is -2.28. The molecule has 1 atom stereocenters. The van der Waals surface area contributed by atoms with Crippen molar-refractivity contribution in [3.8, 4) is 5.75 Å². The number of hydrogen-bond donors (Lipinski definition) is 1. The molecule has 0 heterocycles. The van der Waals surface area contributed by atoms with Crippen LogP contribution < -0.4 is 14.4 Å². The van der Waals surface area contributed by atoms with E-state index in [1.54, 1.807) is 31.2 Å². The van der Waals surface area contributed by atoms with Crippen LogP contribution in [-0.2, 0) is 21.2 Å². The molecule has 2 aromatic carbocycles. The molecule has 0 saturated carbocycles. The molecule has 0 unspecified atom stereocenters. The van der Waals surface area contributed by atoms with Crippen LogP contribution in [-0.4, -0.2) is 39.8 Å². The Morgan fingerprint density at radius 2 is 1.86 bits per heavy atom. The van der Waals surface area contributed by atoms with Crippen LogP contribution in [0.5, 0.6) is 5.75 Å². The zero-order chi connectivity index (χ0) is 21.6. The smallest absolute Gasteiger partial charge is 0.243 e. The number of carbonyl (C=O) groups is 1. The summed E-state index contributed by atoms with van der Waals surface area (Å²) in [6.45, 7) is 5.96. The molecule has 0 aliphatic carbocycles. The Morgan fingerprint density at radius 3 is 2.41 bits per heavy atom. The van der Waals surface area contributed by atoms with Crippen LogP contribution in [0.4, 0.5) is 5.69 Å². The van der Waals surface area contributed by atoms with Crippen molar-refractivity contribution < 1.29 is 17.9 Å². The first-order chi connectivity index (χ1) is 13.6. The average molecular weight is 439 g/mol. The lowest BCUT2D eigenvalue weighted by molar-refractivity contribution is -0.121. The molecule has 0 fully saturated rings. The third kappa shape index (κ3) is 6.37. The normalized spacial score (nSPS) is 12.3. The number of sulfonamides is 1. The van der Waals surface area contributed by atoms with Crippen molar-refractivity contribution in [1.82, 2.24) is 5.32 Å². The van der Waals surface area contributed by atoms with Gasteiger partial charge in [0.15, 0.2) is 0 Å². The molecule has 6 nitrogen and oxygen atoms in total. The largest absolute Gasteiger partial charge is 0.492 e. The minimum absolute atomic E-state index is 0.237.